The summed E-state index contributed by atoms with van der Waals surface area (Å²) in [6.07, 6.45) is -45.4. The van der Waals surface area contributed by atoms with Gasteiger partial charge < -0.3 is 159 Å². The molecule has 20 N–H and O–H groups in total. The molecule has 610 valence electrons. The van der Waals surface area contributed by atoms with Crippen LogP contribution in [0.4, 0.5) is 0 Å². The molecular formula is C66H109N3O36S. The number of nitrogens with zero attached hydrogens (tertiary/aromatic N) is 1. The van der Waals surface area contributed by atoms with Crippen LogP contribution >= 0.6 is 11.8 Å². The SMILES string of the molecule is CCC(=N)CCCSC1CC(=O)N(CC2CCC(C(=O)CCCCCCO[C@@H]3OC(CO)[C@@H](O[C@@H]4OC(CO)[C@H](O[C@H]5OC(CO)[C@H](O)[C@H](O[C@@H]6OC(CO)[C@H](O)[C@H](O[C@@H]7OC(CO)[C@H](O)[C@H](O[C@@H]8C[C@@H](O)[C@@H](C)C(C(O)C(O)CO)O8)C7O)C6NC(C)=O)C5O)[C@H](O)C4O)[C@H](O)C3O)CC2)C1=O.O=C=O. The van der Waals surface area contributed by atoms with Gasteiger partial charge in [-0.25, -0.2) is 0 Å². The number of Topliss-reactive ketones (excluding diaryl/α,β-unsaturated/α-hetero) is 1. The van der Waals surface area contributed by atoms with Gasteiger partial charge in [0.15, 0.2) is 37.7 Å². The highest BCUT2D eigenvalue weighted by molar-refractivity contribution is 8.00. The fourth-order valence-corrected chi connectivity index (χ4v) is 15.5. The second-order valence-electron chi connectivity index (χ2n) is 28.0. The fraction of sp³-hybridized carbons (Fsp3) is 0.909. The van der Waals surface area contributed by atoms with Gasteiger partial charge in [0.05, 0.1) is 57.1 Å². The van der Waals surface area contributed by atoms with Crippen molar-refractivity contribution in [3.63, 3.8) is 0 Å². The van der Waals surface area contributed by atoms with Crippen molar-refractivity contribution in [2.75, 3.05) is 58.5 Å². The maximum Gasteiger partial charge on any atom is 0.373 e. The standard InChI is InChI=1S/C65H109N3O34S.CO2/c1-4-31(66)10-9-17-103-40-19-41(79)68(60(40)90)20-29-12-14-30(15-13-29)32(76)11-7-5-6-8-16-91-62-50(86)48(84)55(38(25-73)95-62)99-63-51(87)49(85)56(39(26-74)96-63)100-64-53(89)59(47(83)37(24-72)93-64)102-61-43(67-28(3)75)57(45(81)35(22-70)92-61)101-65-52(88)58(46(82)36(23-71)94-65)98-42-18-33(77)27(2)54(97-42)44(80)34(78)21-69;2-1-3/h27,29-30,33-40,42-59,61-66,69-74,77-78,80-89H,4-26H2,1-3H3,(H,67,75);/t27-,29?,30?,33-,34?,35?,36?,37?,38?,39?,40?,42-,43?,44?,45+,46+,47+,48-,49-,50?,51?,52?,53?,54?,55-,56+,57-,58+,59+,61+,62-,63+,64-,65+;/m1./s1. The molecule has 14 unspecified atom stereocenters. The van der Waals surface area contributed by atoms with E-state index in [0.29, 0.717) is 75.8 Å². The van der Waals surface area contributed by atoms with Crippen molar-refractivity contribution in [1.29, 1.82) is 5.41 Å². The summed E-state index contributed by atoms with van der Waals surface area (Å²) in [6.45, 7) is -0.966. The van der Waals surface area contributed by atoms with Gasteiger partial charge in [-0.3, -0.25) is 24.1 Å². The number of rotatable bonds is 36. The third-order valence-corrected chi connectivity index (χ3v) is 22.0. The highest BCUT2D eigenvalue weighted by atomic mass is 32.2. The molecule has 106 heavy (non-hydrogen) atoms. The maximum absolute atomic E-state index is 13.2. The van der Waals surface area contributed by atoms with Crippen molar-refractivity contribution in [1.82, 2.24) is 10.2 Å². The maximum atomic E-state index is 13.2. The van der Waals surface area contributed by atoms with Crippen LogP contribution in [0.25, 0.3) is 0 Å². The minimum Gasteiger partial charge on any atom is -0.394 e. The summed E-state index contributed by atoms with van der Waals surface area (Å²) in [4.78, 5) is 69.7. The lowest BCUT2D eigenvalue weighted by Crippen LogP contribution is -2.70. The Morgan fingerprint density at radius 1 is 0.594 bits per heavy atom. The number of likely N-dealkylation sites (tertiary alicyclic amines) is 1. The molecule has 0 aromatic carbocycles. The van der Waals surface area contributed by atoms with Crippen molar-refractivity contribution in [3.8, 4) is 0 Å². The molecule has 7 saturated heterocycles. The number of unbranched alkanes of at least 4 members (excludes halogenated alkanes) is 3. The van der Waals surface area contributed by atoms with E-state index in [2.05, 4.69) is 5.32 Å². The number of imide groups is 1. The predicted octanol–water partition coefficient (Wildman–Crippen LogP) is -8.09. The van der Waals surface area contributed by atoms with Gasteiger partial charge in [-0.2, -0.15) is 9.59 Å². The second kappa shape index (κ2) is 42.9. The smallest absolute Gasteiger partial charge is 0.373 e. The van der Waals surface area contributed by atoms with Gasteiger partial charge in [-0.05, 0) is 69.5 Å². The van der Waals surface area contributed by atoms with E-state index in [9.17, 15) is 111 Å². The Hall–Kier alpha value is -3.52. The molecule has 0 bridgehead atoms. The molecule has 7 aliphatic heterocycles. The van der Waals surface area contributed by atoms with Crippen LogP contribution in [0.3, 0.4) is 0 Å². The zero-order chi connectivity index (χ0) is 78.0. The lowest BCUT2D eigenvalue weighted by molar-refractivity contribution is -0.390. The number of carbonyl (C=O) groups is 4. The van der Waals surface area contributed by atoms with Crippen molar-refractivity contribution in [2.45, 2.75) is 300 Å². The number of hydrogen-bond donors (Lipinski definition) is 20. The third kappa shape index (κ3) is 22.7. The minimum atomic E-state index is -2.24. The topological polar surface area (TPSA) is 616 Å². The molecular weight excluding hydrogens is 1440 g/mol. The van der Waals surface area contributed by atoms with Gasteiger partial charge in [0.25, 0.3) is 0 Å². The van der Waals surface area contributed by atoms with E-state index in [1.54, 1.807) is 0 Å². The van der Waals surface area contributed by atoms with Crippen LogP contribution in [0, 0.1) is 23.2 Å². The first-order chi connectivity index (χ1) is 50.5. The number of amides is 3. The number of aliphatic hydroxyl groups is 18. The molecule has 8 rings (SSSR count). The highest BCUT2D eigenvalue weighted by Crippen LogP contribution is 2.40. The van der Waals surface area contributed by atoms with Gasteiger partial charge in [0, 0.05) is 56.9 Å². The van der Waals surface area contributed by atoms with Crippen LogP contribution in [-0.2, 0) is 85.6 Å². The number of carbonyl (C=O) groups excluding carboxylic acids is 6. The van der Waals surface area contributed by atoms with Crippen molar-refractivity contribution in [2.24, 2.45) is 17.8 Å². The molecule has 39 nitrogen and oxygen atoms in total. The Labute approximate surface area is 614 Å². The minimum absolute atomic E-state index is 0.0298. The van der Waals surface area contributed by atoms with Crippen LogP contribution in [0.2, 0.25) is 0 Å². The van der Waals surface area contributed by atoms with Gasteiger partial charge in [0.1, 0.15) is 140 Å². The molecule has 1 saturated carbocycles. The van der Waals surface area contributed by atoms with Crippen LogP contribution < -0.4 is 5.32 Å². The van der Waals surface area contributed by atoms with Crippen LogP contribution in [-0.4, -0.2) is 380 Å². The third-order valence-electron chi connectivity index (χ3n) is 20.7. The van der Waals surface area contributed by atoms with Crippen LogP contribution in [0.15, 0.2) is 0 Å². The van der Waals surface area contributed by atoms with Crippen LogP contribution in [0.5, 0.6) is 0 Å². The molecule has 1 aliphatic carbocycles. The van der Waals surface area contributed by atoms with Crippen molar-refractivity contribution >= 4 is 47.1 Å². The summed E-state index contributed by atoms with van der Waals surface area (Å²) < 4.78 is 70.3. The van der Waals surface area contributed by atoms with Crippen LogP contribution in [0.1, 0.15) is 111 Å². The number of hydrogen-bond acceptors (Lipinski definition) is 38. The molecule has 0 aromatic heterocycles. The van der Waals surface area contributed by atoms with Gasteiger partial charge >= 0.3 is 6.15 Å². The lowest BCUT2D eigenvalue weighted by Gasteiger charge is -2.50. The van der Waals surface area contributed by atoms with E-state index in [1.165, 1.54) is 23.6 Å². The summed E-state index contributed by atoms with van der Waals surface area (Å²) in [5, 5.41) is 207. The molecule has 32 atom stereocenters. The average Bonchev–Trinajstić information content (AvgIpc) is 0.820. The molecule has 40 heteroatoms. The molecule has 0 spiro atoms. The summed E-state index contributed by atoms with van der Waals surface area (Å²) in [7, 11) is 0. The lowest BCUT2D eigenvalue weighted by atomic mass is 9.79. The molecule has 7 heterocycles. The Bertz CT molecular complexity index is 2740. The second-order valence-corrected chi connectivity index (χ2v) is 29.3. The van der Waals surface area contributed by atoms with Gasteiger partial charge in [-0.15, -0.1) is 11.8 Å². The first kappa shape index (κ1) is 89.7. The zero-order valence-corrected chi connectivity index (χ0v) is 60.0. The zero-order valence-electron chi connectivity index (χ0n) is 59.1. The Morgan fingerprint density at radius 2 is 1.08 bits per heavy atom. The van der Waals surface area contributed by atoms with E-state index in [-0.39, 0.29) is 60.3 Å². The molecule has 0 radical (unpaired) electrons. The van der Waals surface area contributed by atoms with E-state index < -0.39 is 236 Å². The average molecular weight is 1550 g/mol. The van der Waals surface area contributed by atoms with Crippen molar-refractivity contribution < 1.29 is 178 Å². The number of aliphatic hydroxyl groups excluding tert-OH is 18. The first-order valence-electron chi connectivity index (χ1n) is 36.0. The summed E-state index contributed by atoms with van der Waals surface area (Å²) >= 11 is 1.48. The predicted molar refractivity (Wildman–Crippen MR) is 352 cm³/mol. The van der Waals surface area contributed by atoms with E-state index in [1.807, 2.05) is 6.92 Å². The Balaban J connectivity index is 0.00000514. The van der Waals surface area contributed by atoms with Gasteiger partial charge in [0.2, 0.25) is 17.7 Å². The summed E-state index contributed by atoms with van der Waals surface area (Å²) in [5.74, 6) is -1.11. The first-order valence-corrected chi connectivity index (χ1v) is 37.0. The quantitative estimate of drug-likeness (QED) is 0.0157. The molecule has 0 aromatic rings. The Morgan fingerprint density at radius 3 is 1.61 bits per heavy atom. The largest absolute Gasteiger partial charge is 0.394 e. The van der Waals surface area contributed by atoms with E-state index in [4.69, 9.17) is 71.8 Å². The normalized spacial score (nSPS) is 41.4. The van der Waals surface area contributed by atoms with E-state index >= 15 is 0 Å². The number of ketones is 1. The molecule has 8 aliphatic rings. The Kier molecular flexibility index (Phi) is 36.3. The summed E-state index contributed by atoms with van der Waals surface area (Å²) in [6, 6.07) is -1.80. The fourth-order valence-electron chi connectivity index (χ4n) is 14.4. The summed E-state index contributed by atoms with van der Waals surface area (Å²) in [5.41, 5.74) is 0.670. The van der Waals surface area contributed by atoms with Gasteiger partial charge in [-0.1, -0.05) is 26.7 Å². The molecule has 8 fully saturated rings. The highest BCUT2D eigenvalue weighted by Gasteiger charge is 2.58. The molecule has 3 amide bonds. The number of nitrogens with one attached hydrogen (secondary N) is 2. The monoisotopic (exact) mass is 1550 g/mol. The van der Waals surface area contributed by atoms with Crippen molar-refractivity contribution in [3.05, 3.63) is 0 Å². The number of thioether (sulfide) groups is 1. The number of ether oxygens (including phenoxy) is 12. The van der Waals surface area contributed by atoms with E-state index in [0.717, 1.165) is 26.2 Å².